The van der Waals surface area contributed by atoms with E-state index in [4.69, 9.17) is 12.2 Å². The minimum atomic E-state index is -4.67. The molecule has 1 heterocycles. The van der Waals surface area contributed by atoms with E-state index in [2.05, 4.69) is 10.1 Å². The molecule has 1 fully saturated rings. The second-order valence-corrected chi connectivity index (χ2v) is 7.40. The van der Waals surface area contributed by atoms with Gasteiger partial charge in [0.2, 0.25) is 11.6 Å². The van der Waals surface area contributed by atoms with E-state index < -0.39 is 57.3 Å². The van der Waals surface area contributed by atoms with Gasteiger partial charge in [-0.3, -0.25) is 10.1 Å². The van der Waals surface area contributed by atoms with Crippen LogP contribution in [0.1, 0.15) is 28.8 Å². The molecule has 2 aromatic carbocycles. The first kappa shape index (κ1) is 24.6. The number of ether oxygens (including phenoxy) is 1. The summed E-state index contributed by atoms with van der Waals surface area (Å²) in [5.41, 5.74) is -2.38. The lowest BCUT2D eigenvalue weighted by Gasteiger charge is -2.23. The van der Waals surface area contributed by atoms with Crippen LogP contribution in [0.5, 0.6) is 5.75 Å². The second-order valence-electron chi connectivity index (χ2n) is 7.00. The summed E-state index contributed by atoms with van der Waals surface area (Å²) in [6, 6.07) is 2.88. The number of anilines is 2. The van der Waals surface area contributed by atoms with Gasteiger partial charge >= 0.3 is 6.18 Å². The standard InChI is InChI=1S/C20H16F7N3O2S/c1-32-17-15(23)13(21)12(14(22)16(17)24)18(31)29-19(33)28-10-8-9(20(25,26)27)4-5-11(10)30-6-2-3-7-30/h4-5,8H,2-3,6-7H2,1H3,(H2,28,29,31,33). The quantitative estimate of drug-likeness (QED) is 0.356. The number of thiocarbonyl (C=S) groups is 1. The van der Waals surface area contributed by atoms with Crippen molar-refractivity contribution in [1.29, 1.82) is 0 Å². The average Bonchev–Trinajstić information content (AvgIpc) is 3.27. The van der Waals surface area contributed by atoms with Crippen molar-refractivity contribution in [3.05, 3.63) is 52.6 Å². The van der Waals surface area contributed by atoms with Crippen LogP contribution >= 0.6 is 12.2 Å². The molecule has 0 aromatic heterocycles. The SMILES string of the molecule is COc1c(F)c(F)c(C(=O)NC(=S)Nc2cc(C(F)(F)F)ccc2N2CCCC2)c(F)c1F. The number of alkyl halides is 3. The molecule has 0 radical (unpaired) electrons. The summed E-state index contributed by atoms with van der Waals surface area (Å²) in [6.45, 7) is 1.14. The molecule has 1 aliphatic heterocycles. The number of halogens is 7. The fraction of sp³-hybridized carbons (Fsp3) is 0.300. The number of rotatable bonds is 4. The van der Waals surface area contributed by atoms with Crippen LogP contribution in [0.4, 0.5) is 42.1 Å². The van der Waals surface area contributed by atoms with Crippen molar-refractivity contribution in [2.75, 3.05) is 30.4 Å². The zero-order chi connectivity index (χ0) is 24.5. The Labute approximate surface area is 188 Å². The highest BCUT2D eigenvalue weighted by molar-refractivity contribution is 7.80. The van der Waals surface area contributed by atoms with E-state index in [9.17, 15) is 35.5 Å². The molecular formula is C20H16F7N3O2S. The highest BCUT2D eigenvalue weighted by atomic mass is 32.1. The first-order valence-electron chi connectivity index (χ1n) is 9.44. The van der Waals surface area contributed by atoms with Crippen molar-refractivity contribution in [1.82, 2.24) is 5.32 Å². The molecule has 13 heteroatoms. The predicted octanol–water partition coefficient (Wildman–Crippen LogP) is 5.00. The van der Waals surface area contributed by atoms with Crippen LogP contribution in [0.3, 0.4) is 0 Å². The lowest BCUT2D eigenvalue weighted by atomic mass is 10.1. The van der Waals surface area contributed by atoms with E-state index in [1.165, 1.54) is 6.07 Å². The summed E-state index contributed by atoms with van der Waals surface area (Å²) in [7, 11) is 0.770. The van der Waals surface area contributed by atoms with Crippen molar-refractivity contribution in [2.24, 2.45) is 0 Å². The molecule has 0 atom stereocenters. The highest BCUT2D eigenvalue weighted by Gasteiger charge is 2.33. The maximum atomic E-state index is 14.2. The average molecular weight is 495 g/mol. The largest absolute Gasteiger partial charge is 0.491 e. The van der Waals surface area contributed by atoms with Gasteiger partial charge in [0.1, 0.15) is 5.56 Å². The number of methoxy groups -OCH3 is 1. The molecule has 0 saturated carbocycles. The molecule has 1 saturated heterocycles. The van der Waals surface area contributed by atoms with Crippen LogP contribution in [0.15, 0.2) is 18.2 Å². The first-order valence-corrected chi connectivity index (χ1v) is 9.85. The van der Waals surface area contributed by atoms with Crippen LogP contribution in [-0.2, 0) is 6.18 Å². The van der Waals surface area contributed by atoms with Gasteiger partial charge in [0.05, 0.1) is 24.0 Å². The zero-order valence-electron chi connectivity index (χ0n) is 16.9. The monoisotopic (exact) mass is 495 g/mol. The minimum absolute atomic E-state index is 0.120. The molecule has 0 bridgehead atoms. The van der Waals surface area contributed by atoms with Gasteiger partial charge in [-0.25, -0.2) is 8.78 Å². The summed E-state index contributed by atoms with van der Waals surface area (Å²) >= 11 is 4.88. The molecule has 0 aliphatic carbocycles. The van der Waals surface area contributed by atoms with Crippen molar-refractivity contribution in [3.8, 4) is 5.75 Å². The van der Waals surface area contributed by atoms with Crippen LogP contribution < -0.4 is 20.3 Å². The summed E-state index contributed by atoms with van der Waals surface area (Å²) in [5, 5.41) is 3.57. The Kier molecular flexibility index (Phi) is 7.00. The maximum Gasteiger partial charge on any atom is 0.416 e. The van der Waals surface area contributed by atoms with Crippen molar-refractivity contribution >= 4 is 34.6 Å². The Morgan fingerprint density at radius 2 is 1.61 bits per heavy atom. The van der Waals surface area contributed by atoms with Crippen molar-refractivity contribution < 1.29 is 40.3 Å². The van der Waals surface area contributed by atoms with E-state index in [-0.39, 0.29) is 5.69 Å². The fourth-order valence-corrected chi connectivity index (χ4v) is 3.56. The van der Waals surface area contributed by atoms with Crippen molar-refractivity contribution in [3.63, 3.8) is 0 Å². The lowest BCUT2D eigenvalue weighted by molar-refractivity contribution is -0.137. The summed E-state index contributed by atoms with van der Waals surface area (Å²) in [4.78, 5) is 14.1. The number of benzene rings is 2. The molecule has 0 unspecified atom stereocenters. The van der Waals surface area contributed by atoms with E-state index in [1.807, 2.05) is 5.32 Å². The fourth-order valence-electron chi connectivity index (χ4n) is 3.36. The van der Waals surface area contributed by atoms with Gasteiger partial charge in [0.15, 0.2) is 22.5 Å². The van der Waals surface area contributed by atoms with Crippen molar-refractivity contribution in [2.45, 2.75) is 19.0 Å². The van der Waals surface area contributed by atoms with Gasteiger partial charge in [-0.15, -0.1) is 0 Å². The molecular weight excluding hydrogens is 479 g/mol. The normalized spacial score (nSPS) is 13.8. The van der Waals surface area contributed by atoms with Crippen LogP contribution in [0.2, 0.25) is 0 Å². The van der Waals surface area contributed by atoms with Gasteiger partial charge < -0.3 is 15.0 Å². The summed E-state index contributed by atoms with van der Waals surface area (Å²) < 4.78 is 99.8. The number of nitrogens with one attached hydrogen (secondary N) is 2. The summed E-state index contributed by atoms with van der Waals surface area (Å²) in [5.74, 6) is -10.9. The van der Waals surface area contributed by atoms with Gasteiger partial charge in [0, 0.05) is 13.1 Å². The van der Waals surface area contributed by atoms with Gasteiger partial charge in [-0.2, -0.15) is 22.0 Å². The second kappa shape index (κ2) is 9.41. The number of hydrogen-bond acceptors (Lipinski definition) is 4. The van der Waals surface area contributed by atoms with E-state index in [0.29, 0.717) is 18.8 Å². The van der Waals surface area contributed by atoms with Crippen LogP contribution in [-0.4, -0.2) is 31.2 Å². The smallest absolute Gasteiger partial charge is 0.416 e. The molecule has 1 aliphatic rings. The molecule has 2 N–H and O–H groups in total. The van der Waals surface area contributed by atoms with Gasteiger partial charge in [-0.05, 0) is 43.3 Å². The Morgan fingerprint density at radius 3 is 2.12 bits per heavy atom. The van der Waals surface area contributed by atoms with Crippen LogP contribution in [0.25, 0.3) is 0 Å². The third-order valence-corrected chi connectivity index (χ3v) is 5.10. The molecule has 178 valence electrons. The van der Waals surface area contributed by atoms with Gasteiger partial charge in [0.25, 0.3) is 5.91 Å². The Morgan fingerprint density at radius 1 is 1.03 bits per heavy atom. The van der Waals surface area contributed by atoms with Crippen LogP contribution in [0, 0.1) is 23.3 Å². The number of nitrogens with zero attached hydrogens (tertiary/aromatic N) is 1. The number of hydrogen-bond donors (Lipinski definition) is 2. The molecule has 3 rings (SSSR count). The third-order valence-electron chi connectivity index (χ3n) is 4.90. The lowest BCUT2D eigenvalue weighted by Crippen LogP contribution is -2.36. The topological polar surface area (TPSA) is 53.6 Å². The molecule has 5 nitrogen and oxygen atoms in total. The predicted molar refractivity (Wildman–Crippen MR) is 109 cm³/mol. The first-order chi connectivity index (χ1) is 15.5. The minimum Gasteiger partial charge on any atom is -0.491 e. The Bertz CT molecular complexity index is 1070. The third kappa shape index (κ3) is 4.97. The number of carbonyl (C=O) groups is 1. The van der Waals surface area contributed by atoms with E-state index in [1.54, 1.807) is 4.90 Å². The molecule has 33 heavy (non-hydrogen) atoms. The molecule has 2 aromatic rings. The highest BCUT2D eigenvalue weighted by Crippen LogP contribution is 2.36. The van der Waals surface area contributed by atoms with E-state index >= 15 is 0 Å². The molecule has 1 amide bonds. The number of carbonyl (C=O) groups excluding carboxylic acids is 1. The molecule has 0 spiro atoms. The Balaban J connectivity index is 1.89. The van der Waals surface area contributed by atoms with E-state index in [0.717, 1.165) is 32.1 Å². The maximum absolute atomic E-state index is 14.2. The zero-order valence-corrected chi connectivity index (χ0v) is 17.7. The summed E-state index contributed by atoms with van der Waals surface area (Å²) in [6.07, 6.45) is -3.04. The van der Waals surface area contributed by atoms with Gasteiger partial charge in [-0.1, -0.05) is 0 Å². The number of amides is 1. The Hall–Kier alpha value is -3.09.